The molecule has 3 nitrogen and oxygen atoms in total. The Morgan fingerprint density at radius 1 is 1.12 bits per heavy atom. The number of likely N-dealkylation sites (tertiary alicyclic amines) is 1. The molecule has 2 fully saturated rings. The zero-order valence-corrected chi connectivity index (χ0v) is 16.9. The van der Waals surface area contributed by atoms with E-state index in [4.69, 9.17) is 0 Å². The third kappa shape index (κ3) is 3.90. The molecule has 3 heterocycles. The monoisotopic (exact) mass is 388 g/mol. The smallest absolute Gasteiger partial charge is 0.231 e. The van der Waals surface area contributed by atoms with Crippen molar-refractivity contribution in [3.05, 3.63) is 44.8 Å². The lowest BCUT2D eigenvalue weighted by Crippen LogP contribution is -2.45. The van der Waals surface area contributed by atoms with E-state index in [1.165, 1.54) is 35.4 Å². The van der Waals surface area contributed by atoms with Crippen LogP contribution in [0.2, 0.25) is 0 Å². The van der Waals surface area contributed by atoms with E-state index < -0.39 is 0 Å². The Morgan fingerprint density at radius 2 is 1.85 bits per heavy atom. The minimum atomic E-state index is -0.242. The molecule has 0 aromatic carbocycles. The van der Waals surface area contributed by atoms with Crippen LogP contribution in [-0.4, -0.2) is 30.4 Å². The van der Waals surface area contributed by atoms with Crippen LogP contribution in [0, 0.1) is 5.92 Å². The van der Waals surface area contributed by atoms with Crippen molar-refractivity contribution in [2.75, 3.05) is 19.6 Å². The van der Waals surface area contributed by atoms with E-state index in [2.05, 4.69) is 45.2 Å². The average Bonchev–Trinajstić information content (AvgIpc) is 3.42. The maximum absolute atomic E-state index is 13.1. The van der Waals surface area contributed by atoms with Crippen LogP contribution in [-0.2, 0) is 16.8 Å². The van der Waals surface area contributed by atoms with Gasteiger partial charge >= 0.3 is 0 Å². The van der Waals surface area contributed by atoms with Gasteiger partial charge in [-0.1, -0.05) is 25.0 Å². The molecule has 1 saturated carbocycles. The molecular formula is C21H28N2OS2. The fourth-order valence-corrected chi connectivity index (χ4v) is 6.22. The standard InChI is InChI=1S/C21H28N2OS2/c24-20(21(9-1-2-10-21)19-6-4-14-26-19)22-15-17-7-11-23(12-8-17)16-18-5-3-13-25-18/h3-6,13-14,17H,1-2,7-12,15-16H2,(H,22,24). The van der Waals surface area contributed by atoms with Crippen molar-refractivity contribution in [2.24, 2.45) is 5.92 Å². The van der Waals surface area contributed by atoms with Crippen LogP contribution in [0.3, 0.4) is 0 Å². The van der Waals surface area contributed by atoms with E-state index >= 15 is 0 Å². The molecule has 4 rings (SSSR count). The highest BCUT2D eigenvalue weighted by Gasteiger charge is 2.43. The first kappa shape index (κ1) is 18.2. The molecule has 5 heteroatoms. The Morgan fingerprint density at radius 3 is 2.50 bits per heavy atom. The van der Waals surface area contributed by atoms with E-state index in [0.717, 1.165) is 39.0 Å². The summed E-state index contributed by atoms with van der Waals surface area (Å²) in [7, 11) is 0. The summed E-state index contributed by atoms with van der Waals surface area (Å²) in [6, 6.07) is 8.59. The fourth-order valence-electron chi connectivity index (χ4n) is 4.49. The predicted octanol–water partition coefficient (Wildman–Crippen LogP) is 4.65. The van der Waals surface area contributed by atoms with Crippen molar-refractivity contribution in [3.8, 4) is 0 Å². The normalized spacial score (nSPS) is 21.1. The molecule has 0 atom stereocenters. The van der Waals surface area contributed by atoms with Crippen LogP contribution in [0.15, 0.2) is 35.0 Å². The number of piperidine rings is 1. The van der Waals surface area contributed by atoms with Crippen LogP contribution < -0.4 is 5.32 Å². The van der Waals surface area contributed by atoms with E-state index in [1.807, 2.05) is 11.3 Å². The number of thiophene rings is 2. The molecule has 26 heavy (non-hydrogen) atoms. The maximum Gasteiger partial charge on any atom is 0.231 e. The summed E-state index contributed by atoms with van der Waals surface area (Å²) < 4.78 is 0. The number of carbonyl (C=O) groups is 1. The number of amides is 1. The van der Waals surface area contributed by atoms with E-state index in [-0.39, 0.29) is 11.3 Å². The summed E-state index contributed by atoms with van der Waals surface area (Å²) in [6.45, 7) is 4.22. The second-order valence-electron chi connectivity index (χ2n) is 7.78. The van der Waals surface area contributed by atoms with Gasteiger partial charge in [0.25, 0.3) is 0 Å². The fraction of sp³-hybridized carbons (Fsp3) is 0.571. The topological polar surface area (TPSA) is 32.3 Å². The molecule has 2 aromatic heterocycles. The van der Waals surface area contributed by atoms with Gasteiger partial charge in [-0.05, 0) is 67.6 Å². The highest BCUT2D eigenvalue weighted by atomic mass is 32.1. The largest absolute Gasteiger partial charge is 0.355 e. The van der Waals surface area contributed by atoms with Gasteiger partial charge in [0, 0.05) is 22.8 Å². The Labute approximate surface area is 164 Å². The minimum Gasteiger partial charge on any atom is -0.355 e. The first-order valence-electron chi connectivity index (χ1n) is 9.83. The van der Waals surface area contributed by atoms with Gasteiger partial charge in [-0.2, -0.15) is 0 Å². The Hall–Kier alpha value is -1.17. The molecule has 1 aliphatic carbocycles. The molecule has 1 N–H and O–H groups in total. The van der Waals surface area contributed by atoms with E-state index in [9.17, 15) is 4.79 Å². The number of hydrogen-bond acceptors (Lipinski definition) is 4. The summed E-state index contributed by atoms with van der Waals surface area (Å²) in [5.74, 6) is 0.902. The zero-order chi connectivity index (χ0) is 17.8. The maximum atomic E-state index is 13.1. The molecule has 2 aromatic rings. The van der Waals surface area contributed by atoms with Gasteiger partial charge in [-0.25, -0.2) is 0 Å². The van der Waals surface area contributed by atoms with Crippen LogP contribution in [0.1, 0.15) is 48.3 Å². The number of rotatable bonds is 6. The summed E-state index contributed by atoms with van der Waals surface area (Å²) in [5.41, 5.74) is -0.242. The second kappa shape index (κ2) is 8.24. The molecule has 2 aliphatic rings. The van der Waals surface area contributed by atoms with Gasteiger partial charge in [0.05, 0.1) is 5.41 Å². The van der Waals surface area contributed by atoms with Crippen LogP contribution in [0.5, 0.6) is 0 Å². The minimum absolute atomic E-state index is 0.242. The Kier molecular flexibility index (Phi) is 5.77. The lowest BCUT2D eigenvalue weighted by molar-refractivity contribution is -0.126. The predicted molar refractivity (Wildman–Crippen MR) is 110 cm³/mol. The summed E-state index contributed by atoms with van der Waals surface area (Å²) >= 11 is 3.59. The van der Waals surface area contributed by atoms with Crippen molar-refractivity contribution in [1.29, 1.82) is 0 Å². The molecule has 0 bridgehead atoms. The molecule has 1 aliphatic heterocycles. The van der Waals surface area contributed by atoms with Crippen LogP contribution >= 0.6 is 22.7 Å². The lowest BCUT2D eigenvalue weighted by atomic mass is 9.83. The SMILES string of the molecule is O=C(NCC1CCN(Cc2cccs2)CC1)C1(c2cccs2)CCCC1. The molecule has 0 unspecified atom stereocenters. The molecule has 1 saturated heterocycles. The van der Waals surface area contributed by atoms with E-state index in [0.29, 0.717) is 5.92 Å². The van der Waals surface area contributed by atoms with Crippen molar-refractivity contribution >= 4 is 28.6 Å². The molecular weight excluding hydrogens is 360 g/mol. The first-order valence-corrected chi connectivity index (χ1v) is 11.6. The van der Waals surface area contributed by atoms with Crippen molar-refractivity contribution in [2.45, 2.75) is 50.5 Å². The van der Waals surface area contributed by atoms with Crippen molar-refractivity contribution in [1.82, 2.24) is 10.2 Å². The van der Waals surface area contributed by atoms with Gasteiger partial charge in [-0.3, -0.25) is 9.69 Å². The van der Waals surface area contributed by atoms with Gasteiger partial charge in [-0.15, -0.1) is 22.7 Å². The average molecular weight is 389 g/mol. The molecule has 1 amide bonds. The number of nitrogens with one attached hydrogen (secondary N) is 1. The quantitative estimate of drug-likeness (QED) is 0.781. The zero-order valence-electron chi connectivity index (χ0n) is 15.3. The van der Waals surface area contributed by atoms with Crippen molar-refractivity contribution in [3.63, 3.8) is 0 Å². The Bertz CT molecular complexity index is 682. The van der Waals surface area contributed by atoms with Crippen LogP contribution in [0.4, 0.5) is 0 Å². The van der Waals surface area contributed by atoms with Crippen molar-refractivity contribution < 1.29 is 4.79 Å². The third-order valence-corrected chi connectivity index (χ3v) is 8.04. The highest BCUT2D eigenvalue weighted by Crippen LogP contribution is 2.43. The summed E-state index contributed by atoms with van der Waals surface area (Å²) in [6.07, 6.45) is 6.76. The molecule has 0 radical (unpaired) electrons. The number of carbonyl (C=O) groups excluding carboxylic acids is 1. The molecule has 140 valence electrons. The van der Waals surface area contributed by atoms with Gasteiger partial charge in [0.15, 0.2) is 0 Å². The lowest BCUT2D eigenvalue weighted by Gasteiger charge is -2.33. The summed E-state index contributed by atoms with van der Waals surface area (Å²) in [5, 5.41) is 7.60. The van der Waals surface area contributed by atoms with Gasteiger partial charge in [0.2, 0.25) is 5.91 Å². The third-order valence-electron chi connectivity index (χ3n) is 6.10. The highest BCUT2D eigenvalue weighted by molar-refractivity contribution is 7.10. The molecule has 0 spiro atoms. The number of hydrogen-bond donors (Lipinski definition) is 1. The second-order valence-corrected chi connectivity index (χ2v) is 9.76. The first-order chi connectivity index (χ1) is 12.8. The van der Waals surface area contributed by atoms with Gasteiger partial charge in [0.1, 0.15) is 0 Å². The van der Waals surface area contributed by atoms with Crippen LogP contribution in [0.25, 0.3) is 0 Å². The number of nitrogens with zero attached hydrogens (tertiary/aromatic N) is 1. The summed E-state index contributed by atoms with van der Waals surface area (Å²) in [4.78, 5) is 18.3. The van der Waals surface area contributed by atoms with Gasteiger partial charge < -0.3 is 5.32 Å². The van der Waals surface area contributed by atoms with E-state index in [1.54, 1.807) is 11.3 Å². The Balaban J connectivity index is 1.27.